The van der Waals surface area contributed by atoms with Gasteiger partial charge >= 0.3 is 6.09 Å². The Bertz CT molecular complexity index is 794. The number of nitrogens with one attached hydrogen (secondary N) is 2. The molecule has 0 saturated heterocycles. The van der Waals surface area contributed by atoms with Gasteiger partial charge in [-0.25, -0.2) is 4.79 Å². The van der Waals surface area contributed by atoms with Crippen LogP contribution < -0.4 is 10.6 Å². The molecule has 0 radical (unpaired) electrons. The topological polar surface area (TPSA) is 87.7 Å². The molecule has 32 heavy (non-hydrogen) atoms. The van der Waals surface area contributed by atoms with Crippen LogP contribution in [-0.4, -0.2) is 47.5 Å². The quantitative estimate of drug-likeness (QED) is 0.623. The first kappa shape index (κ1) is 27.5. The lowest BCUT2D eigenvalue weighted by Gasteiger charge is -2.34. The van der Waals surface area contributed by atoms with E-state index in [1.807, 2.05) is 59.7 Å². The Balaban J connectivity index is 3.33. The molecule has 7 nitrogen and oxygen atoms in total. The number of ether oxygens (including phenoxy) is 1. The van der Waals surface area contributed by atoms with Crippen LogP contribution in [0.5, 0.6) is 0 Å². The Morgan fingerprint density at radius 2 is 1.53 bits per heavy atom. The maximum Gasteiger partial charge on any atom is 0.408 e. The van der Waals surface area contributed by atoms with E-state index in [-0.39, 0.29) is 23.8 Å². The van der Waals surface area contributed by atoms with E-state index in [4.69, 9.17) is 4.74 Å². The molecule has 1 rings (SSSR count). The second kappa shape index (κ2) is 11.3. The summed E-state index contributed by atoms with van der Waals surface area (Å²) < 4.78 is 5.37. The maximum atomic E-state index is 13.6. The lowest BCUT2D eigenvalue weighted by molar-refractivity contribution is -0.142. The van der Waals surface area contributed by atoms with Gasteiger partial charge in [0.05, 0.1) is 0 Å². The Kier molecular flexibility index (Phi) is 9.73. The average Bonchev–Trinajstić information content (AvgIpc) is 2.62. The molecular weight excluding hydrogens is 406 g/mol. The molecule has 3 atom stereocenters. The predicted octanol–water partition coefficient (Wildman–Crippen LogP) is 4.27. The van der Waals surface area contributed by atoms with Gasteiger partial charge in [0.25, 0.3) is 0 Å². The largest absolute Gasteiger partial charge is 0.444 e. The van der Waals surface area contributed by atoms with Crippen LogP contribution in [0.25, 0.3) is 0 Å². The number of aryl methyl sites for hydroxylation is 2. The van der Waals surface area contributed by atoms with Crippen molar-refractivity contribution in [2.45, 2.75) is 92.5 Å². The molecule has 0 bridgehead atoms. The van der Waals surface area contributed by atoms with Gasteiger partial charge in [-0.3, -0.25) is 9.59 Å². The summed E-state index contributed by atoms with van der Waals surface area (Å²) in [5, 5.41) is 5.65. The molecule has 7 heteroatoms. The molecule has 0 aliphatic rings. The van der Waals surface area contributed by atoms with Crippen molar-refractivity contribution in [2.24, 2.45) is 5.92 Å². The third kappa shape index (κ3) is 8.17. The molecule has 0 spiro atoms. The van der Waals surface area contributed by atoms with Crippen molar-refractivity contribution >= 4 is 17.9 Å². The van der Waals surface area contributed by atoms with E-state index in [9.17, 15) is 14.4 Å². The van der Waals surface area contributed by atoms with Crippen LogP contribution in [0.1, 0.15) is 77.6 Å². The number of hydrogen-bond donors (Lipinski definition) is 2. The average molecular weight is 448 g/mol. The molecule has 0 fully saturated rings. The molecule has 180 valence electrons. The molecular formula is C25H41N3O4. The fraction of sp³-hybridized carbons (Fsp3) is 0.640. The number of nitrogens with zero attached hydrogens (tertiary/aromatic N) is 1. The molecule has 0 aromatic heterocycles. The van der Waals surface area contributed by atoms with E-state index >= 15 is 0 Å². The van der Waals surface area contributed by atoms with Crippen molar-refractivity contribution in [1.29, 1.82) is 0 Å². The highest BCUT2D eigenvalue weighted by molar-refractivity contribution is 5.92. The molecule has 3 unspecified atom stereocenters. The highest BCUT2D eigenvalue weighted by Crippen LogP contribution is 2.25. The molecule has 2 N–H and O–H groups in total. The lowest BCUT2D eigenvalue weighted by atomic mass is 9.95. The van der Waals surface area contributed by atoms with Crippen molar-refractivity contribution in [1.82, 2.24) is 15.5 Å². The lowest BCUT2D eigenvalue weighted by Crippen LogP contribution is -2.54. The summed E-state index contributed by atoms with van der Waals surface area (Å²) in [7, 11) is 1.61. The summed E-state index contributed by atoms with van der Waals surface area (Å²) in [6, 6.07) is 4.14. The van der Waals surface area contributed by atoms with Crippen LogP contribution in [0.3, 0.4) is 0 Å². The molecule has 1 aromatic carbocycles. The highest BCUT2D eigenvalue weighted by Gasteiger charge is 2.36. The number of carbonyl (C=O) groups is 3. The Morgan fingerprint density at radius 3 is 1.97 bits per heavy atom. The fourth-order valence-electron chi connectivity index (χ4n) is 3.55. The minimum Gasteiger partial charge on any atom is -0.444 e. The first-order valence-corrected chi connectivity index (χ1v) is 11.3. The van der Waals surface area contributed by atoms with Gasteiger partial charge in [0.1, 0.15) is 17.7 Å². The fourth-order valence-corrected chi connectivity index (χ4v) is 3.55. The second-order valence-corrected chi connectivity index (χ2v) is 9.95. The monoisotopic (exact) mass is 447 g/mol. The van der Waals surface area contributed by atoms with Crippen LogP contribution in [0.2, 0.25) is 0 Å². The van der Waals surface area contributed by atoms with Crippen LogP contribution >= 0.6 is 0 Å². The molecule has 0 heterocycles. The number of alkyl carbamates (subject to hydrolysis) is 1. The van der Waals surface area contributed by atoms with Gasteiger partial charge in [0.15, 0.2) is 0 Å². The predicted molar refractivity (Wildman–Crippen MR) is 127 cm³/mol. The summed E-state index contributed by atoms with van der Waals surface area (Å²) in [5.74, 6) is -0.750. The molecule has 1 aromatic rings. The number of likely N-dealkylation sites (N-methyl/N-ethyl adjacent to an activating group) is 1. The number of carbonyl (C=O) groups excluding carboxylic acids is 3. The number of amides is 3. The number of benzene rings is 1. The molecule has 0 saturated carbocycles. The van der Waals surface area contributed by atoms with Gasteiger partial charge in [-0.15, -0.1) is 0 Å². The summed E-state index contributed by atoms with van der Waals surface area (Å²) >= 11 is 0. The van der Waals surface area contributed by atoms with Crippen molar-refractivity contribution in [3.05, 3.63) is 34.9 Å². The minimum absolute atomic E-state index is 0.0790. The normalized spacial score (nSPS) is 14.3. The van der Waals surface area contributed by atoms with Gasteiger partial charge in [-0.2, -0.15) is 0 Å². The number of rotatable bonds is 8. The van der Waals surface area contributed by atoms with Gasteiger partial charge in [0.2, 0.25) is 11.8 Å². The summed E-state index contributed by atoms with van der Waals surface area (Å²) in [6.07, 6.45) is 0.0195. The van der Waals surface area contributed by atoms with E-state index in [0.717, 1.165) is 16.7 Å². The number of hydrogen-bond acceptors (Lipinski definition) is 4. The Labute approximate surface area is 193 Å². The highest BCUT2D eigenvalue weighted by atomic mass is 16.6. The maximum absolute atomic E-state index is 13.6. The van der Waals surface area contributed by atoms with E-state index in [0.29, 0.717) is 6.42 Å². The second-order valence-electron chi connectivity index (χ2n) is 9.95. The SMILES string of the molecule is CCC(C)C(NC(=O)OC(C)(C)C)C(=O)N(C)C(C(=O)NC(C)C)c1cc(C)cc(C)c1. The standard InChI is InChI=1S/C25H41N3O4/c1-11-18(6)20(27-24(31)32-25(7,8)9)23(30)28(10)21(22(29)26-15(2)3)19-13-16(4)12-17(5)14-19/h12-15,18,20-21H,11H2,1-10H3,(H,26,29)(H,27,31). The van der Waals surface area contributed by atoms with Crippen LogP contribution in [0, 0.1) is 19.8 Å². The first-order chi connectivity index (χ1) is 14.7. The van der Waals surface area contributed by atoms with Crippen LogP contribution in [-0.2, 0) is 14.3 Å². The minimum atomic E-state index is -0.824. The molecule has 3 amide bonds. The van der Waals surface area contributed by atoms with Crippen molar-refractivity contribution in [2.75, 3.05) is 7.05 Å². The summed E-state index contributed by atoms with van der Waals surface area (Å²) in [4.78, 5) is 40.6. The van der Waals surface area contributed by atoms with Gasteiger partial charge in [-0.1, -0.05) is 49.6 Å². The summed E-state index contributed by atoms with van der Waals surface area (Å²) in [6.45, 7) is 16.8. The third-order valence-corrected chi connectivity index (χ3v) is 5.13. The first-order valence-electron chi connectivity index (χ1n) is 11.3. The third-order valence-electron chi connectivity index (χ3n) is 5.13. The van der Waals surface area contributed by atoms with E-state index < -0.39 is 23.8 Å². The van der Waals surface area contributed by atoms with Gasteiger partial charge in [-0.05, 0) is 59.9 Å². The molecule has 0 aliphatic carbocycles. The molecule has 0 aliphatic heterocycles. The Morgan fingerprint density at radius 1 is 1.00 bits per heavy atom. The zero-order chi connectivity index (χ0) is 24.8. The van der Waals surface area contributed by atoms with Gasteiger partial charge < -0.3 is 20.3 Å². The van der Waals surface area contributed by atoms with Crippen LogP contribution in [0.15, 0.2) is 18.2 Å². The zero-order valence-electron chi connectivity index (χ0n) is 21.3. The zero-order valence-corrected chi connectivity index (χ0v) is 21.3. The Hall–Kier alpha value is -2.57. The van der Waals surface area contributed by atoms with Crippen molar-refractivity contribution < 1.29 is 19.1 Å². The smallest absolute Gasteiger partial charge is 0.408 e. The van der Waals surface area contributed by atoms with E-state index in [1.54, 1.807) is 27.8 Å². The van der Waals surface area contributed by atoms with E-state index in [2.05, 4.69) is 10.6 Å². The van der Waals surface area contributed by atoms with Crippen molar-refractivity contribution in [3.63, 3.8) is 0 Å². The van der Waals surface area contributed by atoms with Crippen LogP contribution in [0.4, 0.5) is 4.79 Å². The van der Waals surface area contributed by atoms with E-state index in [1.165, 1.54) is 4.90 Å². The summed E-state index contributed by atoms with van der Waals surface area (Å²) in [5.41, 5.74) is 2.07. The van der Waals surface area contributed by atoms with Crippen molar-refractivity contribution in [3.8, 4) is 0 Å². The van der Waals surface area contributed by atoms with Gasteiger partial charge in [0, 0.05) is 13.1 Å².